The van der Waals surface area contributed by atoms with E-state index in [1.165, 1.54) is 6.92 Å². The predicted octanol–water partition coefficient (Wildman–Crippen LogP) is 2.61. The lowest BCUT2D eigenvalue weighted by molar-refractivity contribution is -0.146. The fourth-order valence-corrected chi connectivity index (χ4v) is 4.76. The van der Waals surface area contributed by atoms with Crippen molar-refractivity contribution < 1.29 is 38.7 Å². The Labute approximate surface area is 251 Å². The van der Waals surface area contributed by atoms with Crippen molar-refractivity contribution in [2.45, 2.75) is 49.6 Å². The van der Waals surface area contributed by atoms with Gasteiger partial charge in [0.05, 0.1) is 12.5 Å². The van der Waals surface area contributed by atoms with E-state index in [4.69, 9.17) is 0 Å². The van der Waals surface area contributed by atoms with E-state index in [1.807, 2.05) is 30.3 Å². The van der Waals surface area contributed by atoms with Gasteiger partial charge in [0.2, 0.25) is 5.91 Å². The van der Waals surface area contributed by atoms with Crippen molar-refractivity contribution in [3.63, 3.8) is 0 Å². The fourth-order valence-electron chi connectivity index (χ4n) is 4.24. The quantitative estimate of drug-likeness (QED) is 0.139. The molecule has 0 aliphatic rings. The first kappa shape index (κ1) is 32.9. The summed E-state index contributed by atoms with van der Waals surface area (Å²) in [7, 11) is -1.13. The van der Waals surface area contributed by atoms with Crippen molar-refractivity contribution >= 4 is 40.4 Å². The molecule has 6 N–H and O–H groups in total. The summed E-state index contributed by atoms with van der Waals surface area (Å²) in [6.45, 7) is 1.23. The van der Waals surface area contributed by atoms with Crippen LogP contribution in [0, 0.1) is 5.92 Å². The van der Waals surface area contributed by atoms with Crippen LogP contribution in [-0.4, -0.2) is 66.7 Å². The number of nitrogens with one attached hydrogen (secondary N) is 3. The highest BCUT2D eigenvalue weighted by molar-refractivity contribution is 7.84. The van der Waals surface area contributed by atoms with Crippen LogP contribution in [0.2, 0.25) is 0 Å². The number of rotatable bonds is 15. The topological polar surface area (TPSA) is 195 Å². The van der Waals surface area contributed by atoms with E-state index < -0.39 is 53.1 Å². The largest absolute Gasteiger partial charge is 0.481 e. The SMILES string of the molecule is C[C@@H](O)[C@@H](NC(=O)C(CCCc1ccc(-c2ccc(NNC(=O)c3ccc(S(C)=O)cc3)nc2)cc1)CC(=O)O)C(=O)O. The Morgan fingerprint density at radius 1 is 0.930 bits per heavy atom. The van der Waals surface area contributed by atoms with Gasteiger partial charge in [0.25, 0.3) is 5.91 Å². The maximum atomic E-state index is 12.5. The number of aliphatic carboxylic acids is 2. The summed E-state index contributed by atoms with van der Waals surface area (Å²) in [6, 6.07) is 16.2. The van der Waals surface area contributed by atoms with E-state index in [0.29, 0.717) is 29.1 Å². The first-order chi connectivity index (χ1) is 20.4. The summed E-state index contributed by atoms with van der Waals surface area (Å²) in [5.74, 6) is -4.17. The molecule has 0 saturated carbocycles. The standard InChI is InChI=1S/C30H34N4O8S/c1-18(35)27(30(40)41)32-28(38)22(16-26(36)37)5-3-4-19-6-8-20(9-7-19)23-12-15-25(31-17-23)33-34-29(39)21-10-13-24(14-11-21)43(2)42/h6-15,17-18,22,27,35H,3-5,16H2,1-2H3,(H,31,33)(H,32,38)(H,34,39)(H,36,37)(H,40,41)/t18-,22?,27-,43?/m1/s1. The van der Waals surface area contributed by atoms with Crippen molar-refractivity contribution in [1.29, 1.82) is 0 Å². The van der Waals surface area contributed by atoms with Gasteiger partial charge in [0, 0.05) is 45.2 Å². The number of hydrogen-bond acceptors (Lipinski definition) is 8. The summed E-state index contributed by atoms with van der Waals surface area (Å²) in [5, 5.41) is 30.2. The molecule has 12 nitrogen and oxygen atoms in total. The highest BCUT2D eigenvalue weighted by atomic mass is 32.2. The first-order valence-electron chi connectivity index (χ1n) is 13.4. The molecule has 0 aliphatic heterocycles. The number of hydrogen-bond donors (Lipinski definition) is 6. The molecule has 13 heteroatoms. The van der Waals surface area contributed by atoms with Crippen molar-refractivity contribution in [2.75, 3.05) is 11.7 Å². The van der Waals surface area contributed by atoms with Crippen molar-refractivity contribution in [1.82, 2.24) is 15.7 Å². The second-order valence-corrected chi connectivity index (χ2v) is 11.3. The van der Waals surface area contributed by atoms with Gasteiger partial charge in [-0.1, -0.05) is 24.3 Å². The van der Waals surface area contributed by atoms with Gasteiger partial charge in [-0.2, -0.15) is 0 Å². The molecular formula is C30H34N4O8S. The minimum Gasteiger partial charge on any atom is -0.481 e. The third kappa shape index (κ3) is 10.0. The second kappa shape index (κ2) is 15.6. The Kier molecular flexibility index (Phi) is 11.9. The molecule has 0 aliphatic carbocycles. The summed E-state index contributed by atoms with van der Waals surface area (Å²) < 4.78 is 11.5. The molecule has 1 heterocycles. The molecular weight excluding hydrogens is 576 g/mol. The third-order valence-corrected chi connectivity index (χ3v) is 7.60. The molecule has 1 aromatic heterocycles. The molecule has 0 fully saturated rings. The number of aliphatic hydroxyl groups is 1. The van der Waals surface area contributed by atoms with Crippen molar-refractivity contribution in [3.8, 4) is 11.1 Å². The molecule has 3 aromatic rings. The van der Waals surface area contributed by atoms with Crippen LogP contribution in [0.25, 0.3) is 11.1 Å². The maximum Gasteiger partial charge on any atom is 0.328 e. The van der Waals surface area contributed by atoms with E-state index in [2.05, 4.69) is 21.2 Å². The monoisotopic (exact) mass is 610 g/mol. The lowest BCUT2D eigenvalue weighted by Gasteiger charge is -2.21. The number of nitrogens with zero attached hydrogens (tertiary/aromatic N) is 1. The van der Waals surface area contributed by atoms with E-state index in [9.17, 15) is 38.7 Å². The van der Waals surface area contributed by atoms with Gasteiger partial charge in [0.15, 0.2) is 6.04 Å². The van der Waals surface area contributed by atoms with Crippen LogP contribution in [0.1, 0.15) is 42.1 Å². The molecule has 0 saturated heterocycles. The number of carboxylic acid groups (broad SMARTS) is 2. The van der Waals surface area contributed by atoms with Crippen LogP contribution in [0.3, 0.4) is 0 Å². The zero-order valence-electron chi connectivity index (χ0n) is 23.6. The van der Waals surface area contributed by atoms with Gasteiger partial charge in [-0.15, -0.1) is 0 Å². The molecule has 43 heavy (non-hydrogen) atoms. The Morgan fingerprint density at radius 3 is 2.12 bits per heavy atom. The van der Waals surface area contributed by atoms with Crippen LogP contribution in [0.15, 0.2) is 71.8 Å². The number of carboxylic acids is 2. The normalized spacial score (nSPS) is 13.7. The summed E-state index contributed by atoms with van der Waals surface area (Å²) >= 11 is 0. The highest BCUT2D eigenvalue weighted by Crippen LogP contribution is 2.22. The van der Waals surface area contributed by atoms with E-state index >= 15 is 0 Å². The zero-order chi connectivity index (χ0) is 31.5. The molecule has 0 radical (unpaired) electrons. The maximum absolute atomic E-state index is 12.5. The number of carbonyl (C=O) groups excluding carboxylic acids is 2. The Balaban J connectivity index is 1.52. The van der Waals surface area contributed by atoms with Crippen LogP contribution in [0.4, 0.5) is 5.82 Å². The lowest BCUT2D eigenvalue weighted by Crippen LogP contribution is -2.49. The number of aliphatic hydroxyl groups excluding tert-OH is 1. The first-order valence-corrected chi connectivity index (χ1v) is 15.0. The molecule has 228 valence electrons. The predicted molar refractivity (Wildman–Crippen MR) is 159 cm³/mol. The van der Waals surface area contributed by atoms with Gasteiger partial charge in [-0.3, -0.25) is 29.4 Å². The van der Waals surface area contributed by atoms with Crippen LogP contribution < -0.4 is 16.2 Å². The molecule has 0 spiro atoms. The summed E-state index contributed by atoms with van der Waals surface area (Å²) in [6.07, 6.45) is 2.73. The number of aromatic nitrogens is 1. The van der Waals surface area contributed by atoms with Gasteiger partial charge < -0.3 is 20.6 Å². The minimum absolute atomic E-state index is 0.228. The van der Waals surface area contributed by atoms with E-state index in [-0.39, 0.29) is 12.3 Å². The molecule has 0 bridgehead atoms. The fraction of sp³-hybridized carbons (Fsp3) is 0.300. The number of aryl methyl sites for hydroxylation is 1. The van der Waals surface area contributed by atoms with E-state index in [0.717, 1.165) is 16.7 Å². The molecule has 2 unspecified atom stereocenters. The average molecular weight is 611 g/mol. The van der Waals surface area contributed by atoms with Crippen LogP contribution in [0.5, 0.6) is 0 Å². The molecule has 4 atom stereocenters. The number of hydrazine groups is 1. The number of anilines is 1. The number of benzene rings is 2. The van der Waals surface area contributed by atoms with Gasteiger partial charge in [-0.25, -0.2) is 9.78 Å². The minimum atomic E-state index is -1.52. The Bertz CT molecular complexity index is 1440. The smallest absolute Gasteiger partial charge is 0.328 e. The zero-order valence-corrected chi connectivity index (χ0v) is 24.5. The van der Waals surface area contributed by atoms with Gasteiger partial charge in [0.1, 0.15) is 5.82 Å². The molecule has 2 amide bonds. The average Bonchev–Trinajstić information content (AvgIpc) is 2.98. The van der Waals surface area contributed by atoms with Gasteiger partial charge in [-0.05, 0) is 73.7 Å². The van der Waals surface area contributed by atoms with E-state index in [1.54, 1.807) is 42.8 Å². The number of amides is 2. The Morgan fingerprint density at radius 2 is 1.58 bits per heavy atom. The Hall–Kier alpha value is -4.62. The van der Waals surface area contributed by atoms with Crippen molar-refractivity contribution in [2.24, 2.45) is 5.92 Å². The molecule has 2 aromatic carbocycles. The van der Waals surface area contributed by atoms with Crippen LogP contribution in [-0.2, 0) is 31.6 Å². The lowest BCUT2D eigenvalue weighted by atomic mass is 9.94. The van der Waals surface area contributed by atoms with Crippen LogP contribution >= 0.6 is 0 Å². The van der Waals surface area contributed by atoms with Crippen molar-refractivity contribution in [3.05, 3.63) is 78.0 Å². The second-order valence-electron chi connectivity index (χ2n) is 9.94. The number of carbonyl (C=O) groups is 4. The van der Waals surface area contributed by atoms with Gasteiger partial charge >= 0.3 is 11.9 Å². The summed E-state index contributed by atoms with van der Waals surface area (Å²) in [4.78, 5) is 52.4. The summed E-state index contributed by atoms with van der Waals surface area (Å²) in [5.41, 5.74) is 8.46. The third-order valence-electron chi connectivity index (χ3n) is 6.66. The molecule has 3 rings (SSSR count). The number of pyridine rings is 1. The highest BCUT2D eigenvalue weighted by Gasteiger charge is 2.29.